The average Bonchev–Trinajstić information content (AvgIpc) is 2.44. The summed E-state index contributed by atoms with van der Waals surface area (Å²) in [6.07, 6.45) is 0. The molecule has 0 fully saturated rings. The fraction of sp³-hybridized carbons (Fsp3) is 0.600. The van der Waals surface area contributed by atoms with E-state index in [1.54, 1.807) is 19.2 Å². The number of benzene rings is 1. The fourth-order valence-corrected chi connectivity index (χ4v) is 3.39. The van der Waals surface area contributed by atoms with Crippen molar-refractivity contribution in [2.24, 2.45) is 5.92 Å². The Hall–Kier alpha value is -0.910. The highest BCUT2D eigenvalue weighted by molar-refractivity contribution is 7.89. The molecule has 2 atom stereocenters. The van der Waals surface area contributed by atoms with Gasteiger partial charge in [-0.25, -0.2) is 8.42 Å². The Balaban J connectivity index is 3.04. The SMILES string of the molecule is CNC(C)c1ccc(S(=O)(=O)N(C)C(C)C(C)C)cc1. The van der Waals surface area contributed by atoms with Crippen molar-refractivity contribution in [1.82, 2.24) is 9.62 Å². The molecule has 1 aromatic carbocycles. The van der Waals surface area contributed by atoms with Gasteiger partial charge < -0.3 is 5.32 Å². The molecule has 0 saturated heterocycles. The van der Waals surface area contributed by atoms with Crippen molar-refractivity contribution >= 4 is 10.0 Å². The average molecular weight is 298 g/mol. The zero-order valence-electron chi connectivity index (χ0n) is 13.2. The molecule has 0 bridgehead atoms. The van der Waals surface area contributed by atoms with E-state index in [9.17, 15) is 8.42 Å². The second-order valence-corrected chi connectivity index (χ2v) is 7.58. The first-order chi connectivity index (χ1) is 9.21. The highest BCUT2D eigenvalue weighted by Crippen LogP contribution is 2.21. The van der Waals surface area contributed by atoms with Crippen LogP contribution in [0.2, 0.25) is 0 Å². The zero-order chi connectivity index (χ0) is 15.5. The lowest BCUT2D eigenvalue weighted by atomic mass is 10.1. The smallest absolute Gasteiger partial charge is 0.243 e. The highest BCUT2D eigenvalue weighted by Gasteiger charge is 2.26. The van der Waals surface area contributed by atoms with E-state index in [0.29, 0.717) is 4.90 Å². The summed E-state index contributed by atoms with van der Waals surface area (Å²) in [5.74, 6) is 0.276. The molecule has 0 aliphatic carbocycles. The molecule has 0 radical (unpaired) electrons. The number of hydrogen-bond acceptors (Lipinski definition) is 3. The molecule has 0 aromatic heterocycles. The molecule has 0 saturated carbocycles. The van der Waals surface area contributed by atoms with Crippen LogP contribution in [-0.2, 0) is 10.0 Å². The van der Waals surface area contributed by atoms with E-state index in [1.165, 1.54) is 4.31 Å². The van der Waals surface area contributed by atoms with Gasteiger partial charge in [0.2, 0.25) is 10.0 Å². The zero-order valence-corrected chi connectivity index (χ0v) is 14.0. The maximum atomic E-state index is 12.5. The number of sulfonamides is 1. The summed E-state index contributed by atoms with van der Waals surface area (Å²) in [7, 11) is 0.106. The summed E-state index contributed by atoms with van der Waals surface area (Å²) in [5.41, 5.74) is 1.08. The van der Waals surface area contributed by atoms with Crippen LogP contribution in [0, 0.1) is 5.92 Å². The van der Waals surface area contributed by atoms with E-state index in [4.69, 9.17) is 0 Å². The van der Waals surface area contributed by atoms with Crippen molar-refractivity contribution in [1.29, 1.82) is 0 Å². The van der Waals surface area contributed by atoms with Gasteiger partial charge in [0.25, 0.3) is 0 Å². The van der Waals surface area contributed by atoms with E-state index in [0.717, 1.165) is 5.56 Å². The molecule has 2 unspecified atom stereocenters. The number of hydrogen-bond donors (Lipinski definition) is 1. The lowest BCUT2D eigenvalue weighted by Crippen LogP contribution is -2.38. The molecule has 1 N–H and O–H groups in total. The lowest BCUT2D eigenvalue weighted by Gasteiger charge is -2.27. The van der Waals surface area contributed by atoms with Crippen molar-refractivity contribution in [3.63, 3.8) is 0 Å². The predicted molar refractivity (Wildman–Crippen MR) is 83.2 cm³/mol. The van der Waals surface area contributed by atoms with E-state index in [-0.39, 0.29) is 18.0 Å². The van der Waals surface area contributed by atoms with E-state index < -0.39 is 10.0 Å². The van der Waals surface area contributed by atoms with Gasteiger partial charge in [-0.05, 0) is 44.5 Å². The molecule has 20 heavy (non-hydrogen) atoms. The molecule has 1 rings (SSSR count). The van der Waals surface area contributed by atoms with Crippen LogP contribution in [0.3, 0.4) is 0 Å². The molecule has 0 aliphatic heterocycles. The highest BCUT2D eigenvalue weighted by atomic mass is 32.2. The van der Waals surface area contributed by atoms with Gasteiger partial charge in [-0.15, -0.1) is 0 Å². The Kier molecular flexibility index (Phi) is 5.74. The van der Waals surface area contributed by atoms with Crippen molar-refractivity contribution < 1.29 is 8.42 Å². The van der Waals surface area contributed by atoms with Crippen LogP contribution in [-0.4, -0.2) is 32.9 Å². The van der Waals surface area contributed by atoms with Crippen LogP contribution in [0.4, 0.5) is 0 Å². The Morgan fingerprint density at radius 3 is 1.95 bits per heavy atom. The van der Waals surface area contributed by atoms with Crippen LogP contribution < -0.4 is 5.32 Å². The molecule has 1 aromatic rings. The standard InChI is InChI=1S/C15H26N2O2S/c1-11(2)13(4)17(6)20(18,19)15-9-7-14(8-10-15)12(3)16-5/h7-13,16H,1-6H3. The van der Waals surface area contributed by atoms with Crippen molar-refractivity contribution in [3.05, 3.63) is 29.8 Å². The van der Waals surface area contributed by atoms with Crippen LogP contribution in [0.1, 0.15) is 39.3 Å². The maximum Gasteiger partial charge on any atom is 0.243 e. The van der Waals surface area contributed by atoms with Gasteiger partial charge in [0.15, 0.2) is 0 Å². The van der Waals surface area contributed by atoms with Crippen LogP contribution in [0.15, 0.2) is 29.2 Å². The van der Waals surface area contributed by atoms with Crippen LogP contribution in [0.25, 0.3) is 0 Å². The minimum Gasteiger partial charge on any atom is -0.313 e. The molecule has 5 heteroatoms. The monoisotopic (exact) mass is 298 g/mol. The van der Waals surface area contributed by atoms with Gasteiger partial charge in [-0.1, -0.05) is 26.0 Å². The third-order valence-electron chi connectivity index (χ3n) is 4.03. The van der Waals surface area contributed by atoms with E-state index in [1.807, 2.05) is 46.9 Å². The van der Waals surface area contributed by atoms with E-state index in [2.05, 4.69) is 5.32 Å². The van der Waals surface area contributed by atoms with Gasteiger partial charge in [0, 0.05) is 19.1 Å². The summed E-state index contributed by atoms with van der Waals surface area (Å²) >= 11 is 0. The normalized spacial score (nSPS) is 15.6. The molecular formula is C15H26N2O2S. The van der Waals surface area contributed by atoms with Gasteiger partial charge in [0.05, 0.1) is 4.90 Å². The first-order valence-electron chi connectivity index (χ1n) is 6.97. The molecule has 0 heterocycles. The number of nitrogens with one attached hydrogen (secondary N) is 1. The largest absolute Gasteiger partial charge is 0.313 e. The Morgan fingerprint density at radius 1 is 1.05 bits per heavy atom. The van der Waals surface area contributed by atoms with Crippen molar-refractivity contribution in [2.75, 3.05) is 14.1 Å². The second kappa shape index (κ2) is 6.70. The Labute approximate surface area is 123 Å². The predicted octanol–water partition coefficient (Wildman–Crippen LogP) is 2.63. The van der Waals surface area contributed by atoms with Crippen LogP contribution >= 0.6 is 0 Å². The summed E-state index contributed by atoms with van der Waals surface area (Å²) in [4.78, 5) is 0.347. The summed E-state index contributed by atoms with van der Waals surface area (Å²) in [6.45, 7) is 8.01. The van der Waals surface area contributed by atoms with Gasteiger partial charge in [0.1, 0.15) is 0 Å². The third kappa shape index (κ3) is 3.59. The minimum atomic E-state index is -3.42. The van der Waals surface area contributed by atoms with Crippen molar-refractivity contribution in [3.8, 4) is 0 Å². The van der Waals surface area contributed by atoms with Crippen molar-refractivity contribution in [2.45, 2.75) is 44.7 Å². The quantitative estimate of drug-likeness (QED) is 0.878. The second-order valence-electron chi connectivity index (χ2n) is 5.59. The molecule has 0 spiro atoms. The summed E-state index contributed by atoms with van der Waals surface area (Å²) in [5, 5.41) is 3.14. The van der Waals surface area contributed by atoms with Crippen LogP contribution in [0.5, 0.6) is 0 Å². The number of rotatable bonds is 6. The maximum absolute atomic E-state index is 12.5. The minimum absolute atomic E-state index is 0.0316. The molecule has 0 aliphatic rings. The summed E-state index contributed by atoms with van der Waals surface area (Å²) in [6, 6.07) is 7.27. The first kappa shape index (κ1) is 17.1. The Bertz CT molecular complexity index is 523. The van der Waals surface area contributed by atoms with E-state index >= 15 is 0 Å². The first-order valence-corrected chi connectivity index (χ1v) is 8.41. The third-order valence-corrected chi connectivity index (χ3v) is 5.99. The molecule has 0 amide bonds. The fourth-order valence-electron chi connectivity index (χ4n) is 1.90. The molecule has 4 nitrogen and oxygen atoms in total. The Morgan fingerprint density at radius 2 is 1.55 bits per heavy atom. The topological polar surface area (TPSA) is 49.4 Å². The molecular weight excluding hydrogens is 272 g/mol. The number of nitrogens with zero attached hydrogens (tertiary/aromatic N) is 1. The summed E-state index contributed by atoms with van der Waals surface area (Å²) < 4.78 is 26.5. The van der Waals surface area contributed by atoms with Gasteiger partial charge in [-0.3, -0.25) is 0 Å². The van der Waals surface area contributed by atoms with Gasteiger partial charge >= 0.3 is 0 Å². The van der Waals surface area contributed by atoms with Gasteiger partial charge in [-0.2, -0.15) is 4.31 Å². The molecule has 114 valence electrons. The lowest BCUT2D eigenvalue weighted by molar-refractivity contribution is 0.316.